The third-order valence-corrected chi connectivity index (χ3v) is 3.20. The molecule has 0 N–H and O–H groups in total. The minimum atomic E-state index is -2.23. The lowest BCUT2D eigenvalue weighted by molar-refractivity contribution is -0.817. The fourth-order valence-corrected chi connectivity index (χ4v) is 2.01. The van der Waals surface area contributed by atoms with Crippen LogP contribution in [0.15, 0.2) is 0 Å². The predicted molar refractivity (Wildman–Crippen MR) is 56.3 cm³/mol. The highest BCUT2D eigenvalue weighted by molar-refractivity contribution is 9.09. The molecular formula is C7H10BrN3O5. The van der Waals surface area contributed by atoms with Gasteiger partial charge in [-0.2, -0.15) is 0 Å². The van der Waals surface area contributed by atoms with E-state index in [1.807, 2.05) is 0 Å². The summed E-state index contributed by atoms with van der Waals surface area (Å²) in [5.74, 6) is -0.316. The first-order valence-electron chi connectivity index (χ1n) is 4.52. The van der Waals surface area contributed by atoms with Crippen LogP contribution in [-0.4, -0.2) is 44.2 Å². The first-order valence-corrected chi connectivity index (χ1v) is 5.64. The van der Waals surface area contributed by atoms with Gasteiger partial charge >= 0.3 is 5.66 Å². The molecule has 0 aliphatic carbocycles. The Kier molecular flexibility index (Phi) is 3.46. The van der Waals surface area contributed by atoms with Crippen LogP contribution in [0.4, 0.5) is 0 Å². The van der Waals surface area contributed by atoms with Crippen molar-refractivity contribution in [1.29, 1.82) is 0 Å². The number of carbonyl (C=O) groups is 1. The van der Waals surface area contributed by atoms with Crippen molar-refractivity contribution in [2.75, 3.05) is 11.9 Å². The summed E-state index contributed by atoms with van der Waals surface area (Å²) < 4.78 is 0. The summed E-state index contributed by atoms with van der Waals surface area (Å²) in [6.45, 7) is 0.862. The van der Waals surface area contributed by atoms with Gasteiger partial charge < -0.3 is 4.90 Å². The fraction of sp³-hybridized carbons (Fsp3) is 0.857. The molecule has 1 aliphatic heterocycles. The molecule has 1 rings (SSSR count). The van der Waals surface area contributed by atoms with Crippen LogP contribution in [0.1, 0.15) is 13.3 Å². The molecule has 1 fully saturated rings. The van der Waals surface area contributed by atoms with Crippen LogP contribution < -0.4 is 0 Å². The normalized spacial score (nSPS) is 22.4. The van der Waals surface area contributed by atoms with Crippen LogP contribution in [0.3, 0.4) is 0 Å². The van der Waals surface area contributed by atoms with E-state index in [1.165, 1.54) is 6.92 Å². The van der Waals surface area contributed by atoms with Crippen molar-refractivity contribution in [2.24, 2.45) is 0 Å². The highest BCUT2D eigenvalue weighted by Gasteiger charge is 2.73. The molecule has 1 atom stereocenters. The third kappa shape index (κ3) is 1.64. The van der Waals surface area contributed by atoms with Gasteiger partial charge in [0.15, 0.2) is 12.6 Å². The second-order valence-corrected chi connectivity index (χ2v) is 4.32. The number of hydrogen-bond acceptors (Lipinski definition) is 5. The number of alkyl halides is 1. The van der Waals surface area contributed by atoms with E-state index in [4.69, 9.17) is 0 Å². The summed E-state index contributed by atoms with van der Waals surface area (Å²) in [6, 6.07) is -1.01. The van der Waals surface area contributed by atoms with Crippen molar-refractivity contribution in [3.63, 3.8) is 0 Å². The molecule has 0 aromatic heterocycles. The standard InChI is InChI=1S/C7H10BrN3O5/c1-5-7(10(13)14,11(15)16)4-9(5)6(12)2-3-8/h5H,2-4H2,1H3. The number of rotatable bonds is 4. The number of nitro groups is 2. The zero-order chi connectivity index (χ0) is 12.5. The van der Waals surface area contributed by atoms with Gasteiger partial charge in [-0.3, -0.25) is 25.0 Å². The maximum Gasteiger partial charge on any atom is 0.494 e. The smallest absolute Gasteiger partial charge is 0.311 e. The first-order chi connectivity index (χ1) is 7.37. The Labute approximate surface area is 99.0 Å². The Balaban J connectivity index is 2.82. The molecule has 1 unspecified atom stereocenters. The molecule has 0 aromatic carbocycles. The van der Waals surface area contributed by atoms with Crippen molar-refractivity contribution < 1.29 is 14.6 Å². The Morgan fingerprint density at radius 2 is 2.00 bits per heavy atom. The first kappa shape index (κ1) is 12.8. The average molecular weight is 296 g/mol. The van der Waals surface area contributed by atoms with Crippen LogP contribution in [0.5, 0.6) is 0 Å². The van der Waals surface area contributed by atoms with Gasteiger partial charge in [0, 0.05) is 11.8 Å². The van der Waals surface area contributed by atoms with Crippen molar-refractivity contribution in [3.05, 3.63) is 20.2 Å². The lowest BCUT2D eigenvalue weighted by Crippen LogP contribution is -2.76. The number of hydrogen-bond donors (Lipinski definition) is 0. The van der Waals surface area contributed by atoms with E-state index in [-0.39, 0.29) is 12.3 Å². The summed E-state index contributed by atoms with van der Waals surface area (Å²) in [5.41, 5.74) is -2.23. The zero-order valence-corrected chi connectivity index (χ0v) is 10.0. The van der Waals surface area contributed by atoms with Crippen LogP contribution in [0.2, 0.25) is 0 Å². The van der Waals surface area contributed by atoms with E-state index in [9.17, 15) is 25.0 Å². The quantitative estimate of drug-likeness (QED) is 0.320. The van der Waals surface area contributed by atoms with Gasteiger partial charge in [0.2, 0.25) is 5.91 Å². The zero-order valence-electron chi connectivity index (χ0n) is 8.46. The average Bonchev–Trinajstić information content (AvgIpc) is 2.15. The van der Waals surface area contributed by atoms with Crippen molar-refractivity contribution in [2.45, 2.75) is 25.0 Å². The summed E-state index contributed by atoms with van der Waals surface area (Å²) in [6.07, 6.45) is 0.176. The van der Waals surface area contributed by atoms with E-state index in [0.717, 1.165) is 4.90 Å². The Hall–Kier alpha value is -1.25. The van der Waals surface area contributed by atoms with E-state index in [1.54, 1.807) is 0 Å². The van der Waals surface area contributed by atoms with Crippen molar-refractivity contribution in [3.8, 4) is 0 Å². The van der Waals surface area contributed by atoms with Crippen molar-refractivity contribution in [1.82, 2.24) is 4.90 Å². The molecule has 0 saturated carbocycles. The van der Waals surface area contributed by atoms with Gasteiger partial charge in [0.25, 0.3) is 0 Å². The van der Waals surface area contributed by atoms with Crippen LogP contribution in [0.25, 0.3) is 0 Å². The van der Waals surface area contributed by atoms with E-state index in [2.05, 4.69) is 15.9 Å². The number of carbonyl (C=O) groups excluding carboxylic acids is 1. The van der Waals surface area contributed by atoms with Gasteiger partial charge in [-0.05, 0) is 6.92 Å². The second-order valence-electron chi connectivity index (χ2n) is 3.53. The van der Waals surface area contributed by atoms with Gasteiger partial charge in [0.05, 0.1) is 0 Å². The maximum absolute atomic E-state index is 11.4. The van der Waals surface area contributed by atoms with Gasteiger partial charge in [-0.25, -0.2) is 0 Å². The fourth-order valence-electron chi connectivity index (χ4n) is 1.67. The molecule has 0 bridgehead atoms. The van der Waals surface area contributed by atoms with Crippen LogP contribution >= 0.6 is 15.9 Å². The molecule has 0 aromatic rings. The number of likely N-dealkylation sites (tertiary alicyclic amines) is 1. The third-order valence-electron chi connectivity index (χ3n) is 2.80. The van der Waals surface area contributed by atoms with Crippen LogP contribution in [0, 0.1) is 20.2 Å². The molecule has 9 heteroatoms. The highest BCUT2D eigenvalue weighted by Crippen LogP contribution is 2.33. The maximum atomic E-state index is 11.4. The molecule has 1 saturated heterocycles. The Bertz CT molecular complexity index is 333. The molecular weight excluding hydrogens is 286 g/mol. The summed E-state index contributed by atoms with van der Waals surface area (Å²) >= 11 is 3.06. The summed E-state index contributed by atoms with van der Waals surface area (Å²) in [7, 11) is 0. The van der Waals surface area contributed by atoms with E-state index < -0.39 is 28.1 Å². The molecule has 1 amide bonds. The van der Waals surface area contributed by atoms with Gasteiger partial charge in [-0.15, -0.1) is 0 Å². The lowest BCUT2D eigenvalue weighted by atomic mass is 9.90. The molecule has 0 spiro atoms. The van der Waals surface area contributed by atoms with E-state index in [0.29, 0.717) is 5.33 Å². The minimum Gasteiger partial charge on any atom is -0.311 e. The predicted octanol–water partition coefficient (Wildman–Crippen LogP) is 0.252. The molecule has 1 heterocycles. The Morgan fingerprint density at radius 1 is 1.50 bits per heavy atom. The van der Waals surface area contributed by atoms with Crippen molar-refractivity contribution >= 4 is 21.8 Å². The monoisotopic (exact) mass is 295 g/mol. The SMILES string of the molecule is CC1N(C(=O)CCBr)CC1([N+](=O)[O-])[N+](=O)[O-]. The number of halogens is 1. The largest absolute Gasteiger partial charge is 0.494 e. The van der Waals surface area contributed by atoms with E-state index >= 15 is 0 Å². The highest BCUT2D eigenvalue weighted by atomic mass is 79.9. The lowest BCUT2D eigenvalue weighted by Gasteiger charge is -2.42. The molecule has 90 valence electrons. The Morgan fingerprint density at radius 3 is 2.31 bits per heavy atom. The number of amides is 1. The molecule has 0 radical (unpaired) electrons. The van der Waals surface area contributed by atoms with Crippen LogP contribution in [-0.2, 0) is 4.79 Å². The second kappa shape index (κ2) is 4.32. The minimum absolute atomic E-state index is 0.176. The van der Waals surface area contributed by atoms with Gasteiger partial charge in [-0.1, -0.05) is 15.9 Å². The molecule has 8 nitrogen and oxygen atoms in total. The molecule has 16 heavy (non-hydrogen) atoms. The topological polar surface area (TPSA) is 107 Å². The summed E-state index contributed by atoms with van der Waals surface area (Å²) in [5, 5.41) is 21.8. The molecule has 1 aliphatic rings. The van der Waals surface area contributed by atoms with Gasteiger partial charge in [0.1, 0.15) is 9.85 Å². The summed E-state index contributed by atoms with van der Waals surface area (Å²) in [4.78, 5) is 32.1. The number of nitrogens with zero attached hydrogens (tertiary/aromatic N) is 3.